The van der Waals surface area contributed by atoms with E-state index in [9.17, 15) is 9.18 Å². The van der Waals surface area contributed by atoms with Gasteiger partial charge in [-0.15, -0.1) is 11.6 Å². The molecule has 106 valence electrons. The third-order valence-corrected chi connectivity index (χ3v) is 4.19. The minimum atomic E-state index is -0.327. The van der Waals surface area contributed by atoms with Gasteiger partial charge in [0.05, 0.1) is 5.56 Å². The molecule has 0 atom stereocenters. The lowest BCUT2D eigenvalue weighted by Crippen LogP contribution is -2.41. The molecule has 0 radical (unpaired) electrons. The first-order valence-corrected chi connectivity index (χ1v) is 7.98. The normalized spacial score (nSPS) is 10.8. The highest BCUT2D eigenvalue weighted by atomic mass is 127. The van der Waals surface area contributed by atoms with Crippen molar-refractivity contribution < 1.29 is 9.18 Å². The Balaban J connectivity index is 3.04. The highest BCUT2D eigenvalue weighted by Gasteiger charge is 2.23. The van der Waals surface area contributed by atoms with E-state index in [0.717, 1.165) is 12.8 Å². The minimum absolute atomic E-state index is 0.0706. The zero-order valence-electron chi connectivity index (χ0n) is 11.1. The largest absolute Gasteiger partial charge is 0.334 e. The molecule has 0 saturated heterocycles. The van der Waals surface area contributed by atoms with E-state index in [2.05, 4.69) is 13.8 Å². The Labute approximate surface area is 132 Å². The topological polar surface area (TPSA) is 20.3 Å². The van der Waals surface area contributed by atoms with Crippen molar-refractivity contribution in [3.8, 4) is 0 Å². The third-order valence-electron chi connectivity index (χ3n) is 3.13. The Morgan fingerprint density at radius 1 is 1.42 bits per heavy atom. The fourth-order valence-electron chi connectivity index (χ4n) is 2.09. The van der Waals surface area contributed by atoms with Gasteiger partial charge in [-0.3, -0.25) is 4.79 Å². The van der Waals surface area contributed by atoms with Gasteiger partial charge in [-0.05, 0) is 53.6 Å². The molecule has 0 heterocycles. The van der Waals surface area contributed by atoms with Crippen LogP contribution < -0.4 is 0 Å². The number of hydrogen-bond donors (Lipinski definition) is 0. The number of carbonyl (C=O) groups is 1. The molecule has 0 fully saturated rings. The lowest BCUT2D eigenvalue weighted by atomic mass is 10.1. The average molecular weight is 398 g/mol. The van der Waals surface area contributed by atoms with Crippen molar-refractivity contribution >= 4 is 40.1 Å². The van der Waals surface area contributed by atoms with Crippen molar-refractivity contribution in [3.63, 3.8) is 0 Å². The number of nitrogens with zero attached hydrogens (tertiary/aromatic N) is 1. The van der Waals surface area contributed by atoms with Crippen LogP contribution in [0.2, 0.25) is 0 Å². The SMILES string of the molecule is CCC(CC)N(CCCl)C(=O)c1ccc(F)cc1I. The minimum Gasteiger partial charge on any atom is -0.334 e. The molecule has 1 aromatic carbocycles. The fraction of sp³-hybridized carbons (Fsp3) is 0.500. The van der Waals surface area contributed by atoms with Crippen molar-refractivity contribution in [1.82, 2.24) is 4.90 Å². The van der Waals surface area contributed by atoms with Crippen LogP contribution in [0, 0.1) is 9.39 Å². The van der Waals surface area contributed by atoms with Gasteiger partial charge >= 0.3 is 0 Å². The van der Waals surface area contributed by atoms with Gasteiger partial charge < -0.3 is 4.90 Å². The quantitative estimate of drug-likeness (QED) is 0.518. The van der Waals surface area contributed by atoms with Crippen LogP contribution in [0.25, 0.3) is 0 Å². The van der Waals surface area contributed by atoms with Crippen LogP contribution in [0.5, 0.6) is 0 Å². The maximum atomic E-state index is 13.1. The number of carbonyl (C=O) groups excluding carboxylic acids is 1. The first-order valence-electron chi connectivity index (χ1n) is 6.37. The number of hydrogen-bond acceptors (Lipinski definition) is 1. The standard InChI is InChI=1S/C14H18ClFINO/c1-3-11(4-2)18(8-7-15)14(19)12-6-5-10(16)9-13(12)17/h5-6,9,11H,3-4,7-8H2,1-2H3. The zero-order chi connectivity index (χ0) is 14.4. The van der Waals surface area contributed by atoms with Gasteiger partial charge in [0.2, 0.25) is 0 Å². The molecule has 1 amide bonds. The summed E-state index contributed by atoms with van der Waals surface area (Å²) >= 11 is 7.79. The number of amides is 1. The van der Waals surface area contributed by atoms with Gasteiger partial charge in [0, 0.05) is 22.0 Å². The summed E-state index contributed by atoms with van der Waals surface area (Å²) in [7, 11) is 0. The van der Waals surface area contributed by atoms with E-state index in [1.54, 1.807) is 11.0 Å². The van der Waals surface area contributed by atoms with Gasteiger partial charge in [-0.2, -0.15) is 0 Å². The molecule has 1 rings (SSSR count). The van der Waals surface area contributed by atoms with Crippen LogP contribution in [0.4, 0.5) is 4.39 Å². The lowest BCUT2D eigenvalue weighted by molar-refractivity contribution is 0.0680. The van der Waals surface area contributed by atoms with Crippen molar-refractivity contribution in [2.24, 2.45) is 0 Å². The first-order chi connectivity index (χ1) is 9.04. The highest BCUT2D eigenvalue weighted by molar-refractivity contribution is 14.1. The molecule has 0 N–H and O–H groups in total. The summed E-state index contributed by atoms with van der Waals surface area (Å²) in [5.41, 5.74) is 0.541. The second kappa shape index (κ2) is 8.04. The fourth-order valence-corrected chi connectivity index (χ4v) is 2.98. The summed E-state index contributed by atoms with van der Waals surface area (Å²) in [5.74, 6) is 0.00569. The van der Waals surface area contributed by atoms with Crippen molar-refractivity contribution in [3.05, 3.63) is 33.1 Å². The predicted octanol–water partition coefficient (Wildman–Crippen LogP) is 4.30. The number of benzene rings is 1. The number of alkyl halides is 1. The smallest absolute Gasteiger partial charge is 0.255 e. The number of rotatable bonds is 6. The maximum absolute atomic E-state index is 13.1. The van der Waals surface area contributed by atoms with Gasteiger partial charge in [-0.25, -0.2) is 4.39 Å². The second-order valence-electron chi connectivity index (χ2n) is 4.28. The van der Waals surface area contributed by atoms with E-state index < -0.39 is 0 Å². The summed E-state index contributed by atoms with van der Waals surface area (Å²) in [6.07, 6.45) is 1.77. The van der Waals surface area contributed by atoms with Crippen LogP contribution in [0.1, 0.15) is 37.0 Å². The maximum Gasteiger partial charge on any atom is 0.255 e. The predicted molar refractivity (Wildman–Crippen MR) is 85.2 cm³/mol. The molecule has 0 bridgehead atoms. The van der Waals surface area contributed by atoms with Crippen LogP contribution >= 0.6 is 34.2 Å². The van der Waals surface area contributed by atoms with E-state index >= 15 is 0 Å². The van der Waals surface area contributed by atoms with Gasteiger partial charge in [0.25, 0.3) is 5.91 Å². The van der Waals surface area contributed by atoms with E-state index in [1.165, 1.54) is 12.1 Å². The summed E-state index contributed by atoms with van der Waals surface area (Å²) in [4.78, 5) is 14.4. The van der Waals surface area contributed by atoms with Crippen molar-refractivity contribution in [2.75, 3.05) is 12.4 Å². The van der Waals surface area contributed by atoms with Crippen LogP contribution in [0.3, 0.4) is 0 Å². The Morgan fingerprint density at radius 2 is 2.05 bits per heavy atom. The molecule has 2 nitrogen and oxygen atoms in total. The average Bonchev–Trinajstić information content (AvgIpc) is 2.38. The van der Waals surface area contributed by atoms with E-state index in [-0.39, 0.29) is 17.8 Å². The summed E-state index contributed by atoms with van der Waals surface area (Å²) in [6, 6.07) is 4.41. The number of halogens is 3. The molecular formula is C14H18ClFINO. The summed E-state index contributed by atoms with van der Waals surface area (Å²) < 4.78 is 13.7. The van der Waals surface area contributed by atoms with Crippen LogP contribution in [-0.2, 0) is 0 Å². The van der Waals surface area contributed by atoms with Crippen LogP contribution in [0.15, 0.2) is 18.2 Å². The third kappa shape index (κ3) is 4.31. The Morgan fingerprint density at radius 3 is 2.53 bits per heavy atom. The Hall–Kier alpha value is -0.360. The van der Waals surface area contributed by atoms with E-state index in [1.807, 2.05) is 22.6 Å². The molecule has 0 unspecified atom stereocenters. The van der Waals surface area contributed by atoms with Crippen molar-refractivity contribution in [2.45, 2.75) is 32.7 Å². The van der Waals surface area contributed by atoms with Gasteiger partial charge in [0.15, 0.2) is 0 Å². The van der Waals surface area contributed by atoms with Gasteiger partial charge in [-0.1, -0.05) is 13.8 Å². The summed E-state index contributed by atoms with van der Waals surface area (Å²) in [5, 5.41) is 0. The molecule has 0 saturated carbocycles. The molecule has 1 aromatic rings. The molecule has 0 aliphatic rings. The molecule has 0 aliphatic heterocycles. The van der Waals surface area contributed by atoms with E-state index in [4.69, 9.17) is 11.6 Å². The first kappa shape index (κ1) is 16.7. The van der Waals surface area contributed by atoms with Crippen LogP contribution in [-0.4, -0.2) is 29.3 Å². The zero-order valence-corrected chi connectivity index (χ0v) is 14.0. The Bertz CT molecular complexity index is 437. The second-order valence-corrected chi connectivity index (χ2v) is 5.82. The highest BCUT2D eigenvalue weighted by Crippen LogP contribution is 2.19. The molecule has 0 aromatic heterocycles. The van der Waals surface area contributed by atoms with Gasteiger partial charge in [0.1, 0.15) is 5.82 Å². The summed E-state index contributed by atoms with van der Waals surface area (Å²) in [6.45, 7) is 4.62. The van der Waals surface area contributed by atoms with E-state index in [0.29, 0.717) is 21.6 Å². The van der Waals surface area contributed by atoms with Crippen molar-refractivity contribution in [1.29, 1.82) is 0 Å². The Kier molecular flexibility index (Phi) is 7.07. The molecule has 19 heavy (non-hydrogen) atoms. The molecule has 0 spiro atoms. The monoisotopic (exact) mass is 397 g/mol. The molecular weight excluding hydrogens is 380 g/mol. The molecule has 5 heteroatoms. The molecule has 0 aliphatic carbocycles. The lowest BCUT2D eigenvalue weighted by Gasteiger charge is -2.30.